The van der Waals surface area contributed by atoms with Crippen LogP contribution in [0.4, 0.5) is 0 Å². The summed E-state index contributed by atoms with van der Waals surface area (Å²) >= 11 is 0. The van der Waals surface area contributed by atoms with Crippen LogP contribution in [0.5, 0.6) is 0 Å². The maximum absolute atomic E-state index is 13.4. The van der Waals surface area contributed by atoms with Crippen LogP contribution in [0.25, 0.3) is 0 Å². The van der Waals surface area contributed by atoms with Gasteiger partial charge in [-0.25, -0.2) is 0 Å². The van der Waals surface area contributed by atoms with Crippen LogP contribution in [0.1, 0.15) is 22.5 Å². The van der Waals surface area contributed by atoms with E-state index in [1.165, 1.54) is 5.56 Å². The molecule has 1 aromatic carbocycles. The molecule has 7 heteroatoms. The lowest BCUT2D eigenvalue weighted by Crippen LogP contribution is -2.44. The van der Waals surface area contributed by atoms with Gasteiger partial charge in [0.25, 0.3) is 0 Å². The summed E-state index contributed by atoms with van der Waals surface area (Å²) in [5.74, 6) is -0.500. The smallest absolute Gasteiger partial charge is 0.230 e. The van der Waals surface area contributed by atoms with E-state index in [-0.39, 0.29) is 17.9 Å². The van der Waals surface area contributed by atoms with Crippen LogP contribution in [0.3, 0.4) is 0 Å². The van der Waals surface area contributed by atoms with Gasteiger partial charge in [0.2, 0.25) is 11.8 Å². The molecule has 1 spiro atoms. The number of ether oxygens (including phenoxy) is 1. The average Bonchev–Trinajstić information content (AvgIpc) is 3.47. The molecule has 5 rings (SSSR count). The molecule has 2 aromatic rings. The van der Waals surface area contributed by atoms with E-state index in [1.807, 2.05) is 17.1 Å². The zero-order valence-corrected chi connectivity index (χ0v) is 17.4. The molecule has 0 aliphatic carbocycles. The molecule has 2 saturated heterocycles. The number of rotatable bonds is 5. The first-order valence-electron chi connectivity index (χ1n) is 10.2. The number of likely N-dealkylation sites (tertiary alicyclic amines) is 1. The maximum Gasteiger partial charge on any atom is 0.230 e. The van der Waals surface area contributed by atoms with Crippen molar-refractivity contribution >= 4 is 11.8 Å². The maximum atomic E-state index is 13.4. The Morgan fingerprint density at radius 2 is 2.17 bits per heavy atom. The SMILES string of the molecule is Cc1ccc(C)c(CN2C[C@]34C=C[C@H](O3)[C@H](C(=O)N(C)Cc3ccno3)[C@H]4C2=O)c1. The second-order valence-corrected chi connectivity index (χ2v) is 8.70. The second-order valence-electron chi connectivity index (χ2n) is 8.70. The lowest BCUT2D eigenvalue weighted by Gasteiger charge is -2.27. The quantitative estimate of drug-likeness (QED) is 0.711. The number of aromatic nitrogens is 1. The van der Waals surface area contributed by atoms with Crippen molar-refractivity contribution in [2.75, 3.05) is 13.6 Å². The standard InChI is InChI=1S/C23H25N3O4/c1-14-4-5-15(2)16(10-14)11-26-13-23-8-6-18(29-23)19(20(23)22(26)28)21(27)25(3)12-17-7-9-24-30-17/h4-10,18-20H,11-13H2,1-3H3/t18-,19-,20-,23-/m0/s1. The van der Waals surface area contributed by atoms with E-state index in [0.717, 1.165) is 11.1 Å². The van der Waals surface area contributed by atoms with Gasteiger partial charge in [0, 0.05) is 19.7 Å². The van der Waals surface area contributed by atoms with Crippen LogP contribution in [-0.2, 0) is 27.4 Å². The lowest BCUT2D eigenvalue weighted by molar-refractivity contribution is -0.143. The van der Waals surface area contributed by atoms with Gasteiger partial charge in [0.05, 0.1) is 37.2 Å². The summed E-state index contributed by atoms with van der Waals surface area (Å²) in [7, 11) is 1.72. The van der Waals surface area contributed by atoms with E-state index < -0.39 is 17.4 Å². The molecule has 3 aliphatic heterocycles. The zero-order chi connectivity index (χ0) is 21.0. The van der Waals surface area contributed by atoms with Crippen molar-refractivity contribution in [1.29, 1.82) is 0 Å². The minimum absolute atomic E-state index is 0.00540. The highest BCUT2D eigenvalue weighted by atomic mass is 16.5. The molecule has 0 radical (unpaired) electrons. The minimum Gasteiger partial charge on any atom is -0.360 e. The summed E-state index contributed by atoms with van der Waals surface area (Å²) < 4.78 is 11.4. The van der Waals surface area contributed by atoms with E-state index in [0.29, 0.717) is 25.4 Å². The van der Waals surface area contributed by atoms with Crippen molar-refractivity contribution in [1.82, 2.24) is 15.0 Å². The molecule has 2 fully saturated rings. The third kappa shape index (κ3) is 2.88. The Labute approximate surface area is 175 Å². The van der Waals surface area contributed by atoms with Crippen LogP contribution in [0.15, 0.2) is 47.1 Å². The first kappa shape index (κ1) is 19.1. The normalized spacial score (nSPS) is 29.0. The number of benzene rings is 1. The number of carbonyl (C=O) groups excluding carboxylic acids is 2. The molecular weight excluding hydrogens is 382 g/mol. The Kier molecular flexibility index (Phi) is 4.32. The Morgan fingerprint density at radius 1 is 1.33 bits per heavy atom. The van der Waals surface area contributed by atoms with E-state index in [1.54, 1.807) is 24.2 Å². The van der Waals surface area contributed by atoms with Gasteiger partial charge in [-0.15, -0.1) is 0 Å². The lowest BCUT2D eigenvalue weighted by atomic mass is 9.76. The van der Waals surface area contributed by atoms with Crippen molar-refractivity contribution in [3.05, 3.63) is 65.1 Å². The predicted molar refractivity (Wildman–Crippen MR) is 108 cm³/mol. The molecular formula is C23H25N3O4. The van der Waals surface area contributed by atoms with Crippen molar-refractivity contribution in [3.63, 3.8) is 0 Å². The van der Waals surface area contributed by atoms with Crippen molar-refractivity contribution in [2.24, 2.45) is 11.8 Å². The third-order valence-electron chi connectivity index (χ3n) is 6.59. The van der Waals surface area contributed by atoms with E-state index in [2.05, 4.69) is 37.2 Å². The Bertz CT molecular complexity index is 1030. The molecule has 3 aliphatic rings. The van der Waals surface area contributed by atoms with Gasteiger partial charge in [-0.05, 0) is 25.0 Å². The summed E-state index contributed by atoms with van der Waals surface area (Å²) in [6.07, 6.45) is 5.13. The second kappa shape index (κ2) is 6.80. The monoisotopic (exact) mass is 407 g/mol. The fourth-order valence-corrected chi connectivity index (χ4v) is 5.06. The molecule has 0 N–H and O–H groups in total. The zero-order valence-electron chi connectivity index (χ0n) is 17.4. The molecule has 4 heterocycles. The molecule has 2 bridgehead atoms. The highest BCUT2D eigenvalue weighted by molar-refractivity contribution is 5.93. The Morgan fingerprint density at radius 3 is 2.93 bits per heavy atom. The van der Waals surface area contributed by atoms with Crippen LogP contribution in [-0.4, -0.2) is 52.1 Å². The summed E-state index contributed by atoms with van der Waals surface area (Å²) in [6.45, 7) is 5.43. The summed E-state index contributed by atoms with van der Waals surface area (Å²) in [4.78, 5) is 30.2. The fourth-order valence-electron chi connectivity index (χ4n) is 5.06. The number of amides is 2. The van der Waals surface area contributed by atoms with Crippen LogP contribution in [0.2, 0.25) is 0 Å². The van der Waals surface area contributed by atoms with Crippen molar-refractivity contribution in [3.8, 4) is 0 Å². The number of carbonyl (C=O) groups is 2. The summed E-state index contributed by atoms with van der Waals surface area (Å²) in [5, 5.41) is 3.69. The number of hydrogen-bond acceptors (Lipinski definition) is 5. The fraction of sp³-hybridized carbons (Fsp3) is 0.435. The number of hydrogen-bond donors (Lipinski definition) is 0. The van der Waals surface area contributed by atoms with Gasteiger partial charge in [-0.3, -0.25) is 9.59 Å². The van der Waals surface area contributed by atoms with E-state index >= 15 is 0 Å². The van der Waals surface area contributed by atoms with Gasteiger partial charge in [-0.1, -0.05) is 41.1 Å². The topological polar surface area (TPSA) is 75.9 Å². The Balaban J connectivity index is 1.38. The minimum atomic E-state index is -0.702. The molecule has 156 valence electrons. The average molecular weight is 407 g/mol. The molecule has 2 amide bonds. The van der Waals surface area contributed by atoms with Crippen LogP contribution >= 0.6 is 0 Å². The van der Waals surface area contributed by atoms with E-state index in [9.17, 15) is 9.59 Å². The number of nitrogens with zero attached hydrogens (tertiary/aromatic N) is 3. The first-order chi connectivity index (χ1) is 14.4. The molecule has 30 heavy (non-hydrogen) atoms. The summed E-state index contributed by atoms with van der Waals surface area (Å²) in [5.41, 5.74) is 2.75. The van der Waals surface area contributed by atoms with Crippen LogP contribution < -0.4 is 0 Å². The molecule has 4 atom stereocenters. The van der Waals surface area contributed by atoms with Crippen molar-refractivity contribution in [2.45, 2.75) is 38.6 Å². The molecule has 1 aromatic heterocycles. The van der Waals surface area contributed by atoms with Crippen molar-refractivity contribution < 1.29 is 18.8 Å². The van der Waals surface area contributed by atoms with Gasteiger partial charge in [-0.2, -0.15) is 0 Å². The summed E-state index contributed by atoms with van der Waals surface area (Å²) in [6, 6.07) is 8.01. The molecule has 0 unspecified atom stereocenters. The highest BCUT2D eigenvalue weighted by Crippen LogP contribution is 2.52. The molecule has 0 saturated carbocycles. The first-order valence-corrected chi connectivity index (χ1v) is 10.2. The third-order valence-corrected chi connectivity index (χ3v) is 6.59. The van der Waals surface area contributed by atoms with Gasteiger partial charge in [0.15, 0.2) is 5.76 Å². The predicted octanol–water partition coefficient (Wildman–Crippen LogP) is 2.23. The van der Waals surface area contributed by atoms with Gasteiger partial charge >= 0.3 is 0 Å². The Hall–Kier alpha value is -2.93. The number of aryl methyl sites for hydroxylation is 2. The highest BCUT2D eigenvalue weighted by Gasteiger charge is 2.67. The number of fused-ring (bicyclic) bond motifs is 1. The molecule has 7 nitrogen and oxygen atoms in total. The largest absolute Gasteiger partial charge is 0.360 e. The van der Waals surface area contributed by atoms with Gasteiger partial charge in [0.1, 0.15) is 5.60 Å². The van der Waals surface area contributed by atoms with Crippen LogP contribution in [0, 0.1) is 25.7 Å². The van der Waals surface area contributed by atoms with Gasteiger partial charge < -0.3 is 19.1 Å². The van der Waals surface area contributed by atoms with E-state index in [4.69, 9.17) is 9.26 Å².